The number of ether oxygens (including phenoxy) is 10. The van der Waals surface area contributed by atoms with Gasteiger partial charge in [0.1, 0.15) is 18.8 Å². The van der Waals surface area contributed by atoms with E-state index in [1.807, 2.05) is 0 Å². The summed E-state index contributed by atoms with van der Waals surface area (Å²) >= 11 is 0. The van der Waals surface area contributed by atoms with E-state index in [0.717, 1.165) is 0 Å². The normalized spacial score (nSPS) is 34.6. The Kier molecular flexibility index (Phi) is 10.2. The van der Waals surface area contributed by atoms with Crippen LogP contribution in [0.3, 0.4) is 0 Å². The molecule has 15 N–H and O–H groups in total. The van der Waals surface area contributed by atoms with Crippen LogP contribution in [0.1, 0.15) is 59.3 Å². The van der Waals surface area contributed by atoms with Crippen molar-refractivity contribution in [2.24, 2.45) is 5.41 Å². The van der Waals surface area contributed by atoms with Gasteiger partial charge in [-0.25, -0.2) is 24.0 Å². The van der Waals surface area contributed by atoms with Gasteiger partial charge in [0.15, 0.2) is 81.3 Å². The highest BCUT2D eigenvalue weighted by Gasteiger charge is 2.98. The smallest absolute Gasteiger partial charge is 0.346 e. The van der Waals surface area contributed by atoms with Gasteiger partial charge in [-0.05, 0) is 30.3 Å². The Morgan fingerprint density at radius 1 is 0.595 bits per heavy atom. The van der Waals surface area contributed by atoms with Crippen LogP contribution in [-0.2, 0) is 57.0 Å². The van der Waals surface area contributed by atoms with Gasteiger partial charge in [-0.15, -0.1) is 0 Å². The predicted octanol–water partition coefficient (Wildman–Crippen LogP) is -2.87. The molecule has 6 bridgehead atoms. The number of phenolic OH excluding ortho intramolecular Hbond substituents is 11. The number of phenols is 11. The molecule has 9 aliphatic rings. The van der Waals surface area contributed by atoms with Gasteiger partial charge in [0, 0.05) is 16.7 Å². The number of rotatable bonds is 2. The van der Waals surface area contributed by atoms with Crippen molar-refractivity contribution in [1.82, 2.24) is 0 Å². The highest BCUT2D eigenvalue weighted by Crippen LogP contribution is 2.75. The van der Waals surface area contributed by atoms with Gasteiger partial charge in [-0.3, -0.25) is 9.59 Å². The maximum atomic E-state index is 16.2. The van der Waals surface area contributed by atoms with Crippen LogP contribution < -0.4 is 4.74 Å². The first-order chi connectivity index (χ1) is 37.1. The van der Waals surface area contributed by atoms with E-state index >= 15 is 14.4 Å². The summed E-state index contributed by atoms with van der Waals surface area (Å²) in [5.41, 5.74) is -16.0. The number of aromatic hydroxyl groups is 11. The van der Waals surface area contributed by atoms with Gasteiger partial charge in [-0.1, -0.05) is 0 Å². The first-order valence-corrected chi connectivity index (χ1v) is 22.8. The fraction of sp³-hybridized carbons (Fsp3) is 0.340. The van der Waals surface area contributed by atoms with Crippen LogP contribution in [-0.4, -0.2) is 197 Å². The third-order valence-corrected chi connectivity index (χ3v) is 15.1. The molecule has 414 valence electrons. The summed E-state index contributed by atoms with van der Waals surface area (Å²) < 4.78 is 57.0. The minimum absolute atomic E-state index is 0.331. The number of esters is 6. The number of cyclic esters (lactones) is 1. The number of Topliss-reactive ketones (excluding diaryl/α,β-unsaturated/α-hetero) is 1. The van der Waals surface area contributed by atoms with Gasteiger partial charge < -0.3 is 124 Å². The lowest BCUT2D eigenvalue weighted by atomic mass is 9.47. The van der Waals surface area contributed by atoms with Crippen LogP contribution in [0.5, 0.6) is 69.0 Å². The third kappa shape index (κ3) is 6.05. The van der Waals surface area contributed by atoms with Crippen LogP contribution in [0.25, 0.3) is 11.1 Å². The topological polar surface area (TPSA) is 515 Å². The molecular formula is C47H34O32. The SMILES string of the molecule is O=C(O[C@@H]1[C@H]2OC(=O)c3cc(O)c(O)c4c3C3C(O)(O4)C4(O)CC(=O)C3(C(=O)O[C@@H]1[C@H]1COC(=O)c3cc(O)c(O)c(O)c3-c3c(cc(O)c(O)c3O)C(=O)O[C@@H]2O1)C1(O4)C(=O)OC2C(O)COC21O)c1cc(O)c(O)c(O)c1. The van der Waals surface area contributed by atoms with E-state index in [-0.39, 0.29) is 0 Å². The first kappa shape index (κ1) is 50.5. The van der Waals surface area contributed by atoms with Crippen molar-refractivity contribution in [3.05, 3.63) is 58.1 Å². The molecule has 2 spiro atoms. The number of carbonyl (C=O) groups excluding carboxylic acids is 7. The third-order valence-electron chi connectivity index (χ3n) is 15.1. The first-order valence-electron chi connectivity index (χ1n) is 22.8. The van der Waals surface area contributed by atoms with Gasteiger partial charge in [0.2, 0.25) is 46.8 Å². The average molecular weight is 1110 g/mol. The fourth-order valence-corrected chi connectivity index (χ4v) is 11.7. The monoisotopic (exact) mass is 1110 g/mol. The molecule has 8 aliphatic heterocycles. The molecule has 13 atom stereocenters. The van der Waals surface area contributed by atoms with E-state index in [0.29, 0.717) is 30.3 Å². The van der Waals surface area contributed by atoms with Crippen molar-refractivity contribution >= 4 is 41.6 Å². The molecule has 4 aromatic rings. The maximum Gasteiger partial charge on any atom is 0.346 e. The average Bonchev–Trinajstić information content (AvgIpc) is 1.88. The summed E-state index contributed by atoms with van der Waals surface area (Å²) in [6.07, 6.45) is -19.7. The van der Waals surface area contributed by atoms with Gasteiger partial charge in [0.25, 0.3) is 5.79 Å². The standard InChI is InChI=1S/C47H34O32/c48-13-1-9(2-14(49)24(13)55)36(61)73-32-30-19-8-70-37(62)10-3-15(50)25(56)28(59)21(10)22-11(4-16(51)26(57)29(22)60)39(64)77-40(72-19)33(32)74-38(63)12-5-17(52)27(58)31-23(12)34-44(41(65)75-30)20(54)6-43(67,46(34,68)78-31)79-45(44)42(66)76-35-18(53)7-71-47(35,45)69/h1-5,18-19,30,32-35,40,48-53,55-60,67-69H,6-8H2/t18?,19-,30-,32+,33-,34?,35?,40+,43?,44?,45?,46?,47?/m1/s1. The van der Waals surface area contributed by atoms with Crippen LogP contribution in [0.4, 0.5) is 0 Å². The van der Waals surface area contributed by atoms with Crippen molar-refractivity contribution in [2.75, 3.05) is 13.2 Å². The zero-order valence-electron chi connectivity index (χ0n) is 38.8. The number of benzene rings is 4. The van der Waals surface area contributed by atoms with E-state index in [9.17, 15) is 95.8 Å². The maximum absolute atomic E-state index is 16.2. The molecule has 5 saturated heterocycles. The summed E-state index contributed by atoms with van der Waals surface area (Å²) in [5, 5.41) is 167. The lowest BCUT2D eigenvalue weighted by molar-refractivity contribution is -0.468. The molecule has 8 heterocycles. The Labute approximate surface area is 433 Å². The Morgan fingerprint density at radius 2 is 1.16 bits per heavy atom. The Balaban J connectivity index is 1.13. The number of aliphatic hydroxyl groups is 4. The van der Waals surface area contributed by atoms with Crippen LogP contribution in [0.2, 0.25) is 0 Å². The van der Waals surface area contributed by atoms with Crippen molar-refractivity contribution in [1.29, 1.82) is 0 Å². The second-order valence-electron chi connectivity index (χ2n) is 19.2. The second-order valence-corrected chi connectivity index (χ2v) is 19.2. The van der Waals surface area contributed by atoms with Gasteiger partial charge >= 0.3 is 35.8 Å². The van der Waals surface area contributed by atoms with Gasteiger partial charge in [-0.2, -0.15) is 0 Å². The molecule has 6 fully saturated rings. The zero-order valence-corrected chi connectivity index (χ0v) is 38.8. The van der Waals surface area contributed by atoms with E-state index in [1.54, 1.807) is 0 Å². The molecule has 32 nitrogen and oxygen atoms in total. The molecule has 0 amide bonds. The summed E-state index contributed by atoms with van der Waals surface area (Å²) in [5.74, 6) is -44.0. The van der Waals surface area contributed by atoms with Crippen molar-refractivity contribution in [3.8, 4) is 80.1 Å². The minimum Gasteiger partial charge on any atom is -0.504 e. The van der Waals surface area contributed by atoms with E-state index in [2.05, 4.69) is 0 Å². The Hall–Kier alpha value is -9.31. The summed E-state index contributed by atoms with van der Waals surface area (Å²) in [4.78, 5) is 105. The second kappa shape index (κ2) is 15.9. The number of carbonyl (C=O) groups is 7. The van der Waals surface area contributed by atoms with E-state index < -0.39 is 246 Å². The molecule has 0 aromatic heterocycles. The van der Waals surface area contributed by atoms with Crippen molar-refractivity contribution in [2.45, 2.75) is 78.2 Å². The molecule has 1 aliphatic carbocycles. The summed E-state index contributed by atoms with van der Waals surface area (Å²) in [7, 11) is 0. The highest BCUT2D eigenvalue weighted by atomic mass is 16.8. The number of hydrogen-bond donors (Lipinski definition) is 15. The van der Waals surface area contributed by atoms with Crippen LogP contribution in [0.15, 0.2) is 30.3 Å². The molecule has 0 radical (unpaired) electrons. The molecule has 32 heteroatoms. The van der Waals surface area contributed by atoms with Gasteiger partial charge in [0.05, 0.1) is 41.2 Å². The van der Waals surface area contributed by atoms with E-state index in [1.165, 1.54) is 0 Å². The Bertz CT molecular complexity index is 3530. The lowest BCUT2D eigenvalue weighted by Gasteiger charge is -2.64. The minimum atomic E-state index is -4.01. The summed E-state index contributed by atoms with van der Waals surface area (Å²) in [6.45, 7) is -2.49. The van der Waals surface area contributed by atoms with Crippen LogP contribution >= 0.6 is 0 Å². The number of fused-ring (bicyclic) bond motifs is 11. The molecule has 4 aromatic carbocycles. The number of hydrogen-bond acceptors (Lipinski definition) is 32. The van der Waals surface area contributed by atoms with Crippen molar-refractivity contribution < 1.29 is 158 Å². The Morgan fingerprint density at radius 3 is 1.80 bits per heavy atom. The number of aliphatic hydroxyl groups excluding tert-OH is 1. The zero-order chi connectivity index (χ0) is 56.9. The molecule has 8 unspecified atom stereocenters. The quantitative estimate of drug-likeness (QED) is 0.0415. The van der Waals surface area contributed by atoms with Crippen LogP contribution in [0, 0.1) is 5.41 Å². The van der Waals surface area contributed by atoms with E-state index in [4.69, 9.17) is 47.4 Å². The summed E-state index contributed by atoms with van der Waals surface area (Å²) in [6, 6.07) is 2.02. The van der Waals surface area contributed by atoms with Crippen molar-refractivity contribution in [3.63, 3.8) is 0 Å². The number of ketones is 1. The highest BCUT2D eigenvalue weighted by molar-refractivity contribution is 6.15. The lowest BCUT2D eigenvalue weighted by Crippen LogP contribution is -2.89. The molecular weight excluding hydrogens is 1080 g/mol. The molecule has 79 heavy (non-hydrogen) atoms. The molecule has 13 rings (SSSR count). The molecule has 1 saturated carbocycles. The fourth-order valence-electron chi connectivity index (χ4n) is 11.7. The predicted molar refractivity (Wildman–Crippen MR) is 232 cm³/mol. The largest absolute Gasteiger partial charge is 0.504 e.